The summed E-state index contributed by atoms with van der Waals surface area (Å²) in [4.78, 5) is 15.8. The van der Waals surface area contributed by atoms with E-state index in [1.54, 1.807) is 16.7 Å². The van der Waals surface area contributed by atoms with Crippen LogP contribution in [0.2, 0.25) is 5.15 Å². The molecule has 106 valence electrons. The highest BCUT2D eigenvalue weighted by molar-refractivity contribution is 6.35. The Bertz CT molecular complexity index is 828. The highest BCUT2D eigenvalue weighted by atomic mass is 35.5. The van der Waals surface area contributed by atoms with Gasteiger partial charge in [0, 0.05) is 17.1 Å². The van der Waals surface area contributed by atoms with E-state index in [4.69, 9.17) is 16.3 Å². The number of halogens is 1. The first kappa shape index (κ1) is 13.5. The smallest absolute Gasteiger partial charge is 0.339 e. The zero-order valence-electron chi connectivity index (χ0n) is 11.1. The van der Waals surface area contributed by atoms with Crippen molar-refractivity contribution in [3.8, 4) is 11.6 Å². The third kappa shape index (κ3) is 2.11. The molecule has 1 aromatic carbocycles. The second-order valence-electron chi connectivity index (χ2n) is 4.37. The van der Waals surface area contributed by atoms with Crippen molar-refractivity contribution in [2.45, 2.75) is 0 Å². The first-order valence-corrected chi connectivity index (χ1v) is 6.55. The maximum atomic E-state index is 11.5. The van der Waals surface area contributed by atoms with Gasteiger partial charge in [0.1, 0.15) is 10.7 Å². The van der Waals surface area contributed by atoms with E-state index in [-0.39, 0.29) is 10.7 Å². The van der Waals surface area contributed by atoms with Crippen LogP contribution < -0.4 is 4.74 Å². The molecule has 0 radical (unpaired) electrons. The van der Waals surface area contributed by atoms with Crippen molar-refractivity contribution in [2.24, 2.45) is 0 Å². The topological polar surface area (TPSA) is 64.3 Å². The van der Waals surface area contributed by atoms with E-state index in [1.165, 1.54) is 7.11 Å². The molecule has 0 bridgehead atoms. The highest BCUT2D eigenvalue weighted by Gasteiger charge is 2.23. The molecule has 0 amide bonds. The minimum absolute atomic E-state index is 0.0330. The van der Waals surface area contributed by atoms with Crippen LogP contribution in [0.25, 0.3) is 16.7 Å². The highest BCUT2D eigenvalue weighted by Crippen LogP contribution is 2.33. The van der Waals surface area contributed by atoms with Crippen LogP contribution in [0.5, 0.6) is 5.88 Å². The van der Waals surface area contributed by atoms with Gasteiger partial charge in [-0.05, 0) is 18.2 Å². The molecule has 21 heavy (non-hydrogen) atoms. The number of aromatic carboxylic acids is 1. The largest absolute Gasteiger partial charge is 0.481 e. The second kappa shape index (κ2) is 5.10. The zero-order valence-corrected chi connectivity index (χ0v) is 11.8. The maximum absolute atomic E-state index is 11.5. The van der Waals surface area contributed by atoms with Crippen LogP contribution in [0.15, 0.2) is 42.5 Å². The van der Waals surface area contributed by atoms with Crippen LogP contribution in [0.3, 0.4) is 0 Å². The fraction of sp³-hybridized carbons (Fsp3) is 0.0667. The Morgan fingerprint density at radius 1 is 1.24 bits per heavy atom. The van der Waals surface area contributed by atoms with Crippen molar-refractivity contribution in [1.29, 1.82) is 0 Å². The maximum Gasteiger partial charge on any atom is 0.339 e. The lowest BCUT2D eigenvalue weighted by molar-refractivity contribution is 0.0699. The summed E-state index contributed by atoms with van der Waals surface area (Å²) in [5.74, 6) is -0.697. The molecule has 0 unspecified atom stereocenters. The van der Waals surface area contributed by atoms with Gasteiger partial charge in [0.25, 0.3) is 0 Å². The first-order chi connectivity index (χ1) is 10.1. The van der Waals surface area contributed by atoms with Gasteiger partial charge in [-0.2, -0.15) is 4.98 Å². The molecule has 0 spiro atoms. The van der Waals surface area contributed by atoms with Crippen LogP contribution in [0, 0.1) is 0 Å². The summed E-state index contributed by atoms with van der Waals surface area (Å²) in [5, 5.41) is 9.98. The molecule has 6 heteroatoms. The number of carbonyl (C=O) groups is 1. The fourth-order valence-electron chi connectivity index (χ4n) is 2.24. The quantitative estimate of drug-likeness (QED) is 0.805. The lowest BCUT2D eigenvalue weighted by atomic mass is 10.2. The zero-order chi connectivity index (χ0) is 15.0. The number of para-hydroxylation sites is 1. The summed E-state index contributed by atoms with van der Waals surface area (Å²) in [7, 11) is 1.50. The minimum atomic E-state index is -1.09. The van der Waals surface area contributed by atoms with Crippen molar-refractivity contribution in [1.82, 2.24) is 9.55 Å². The number of pyridine rings is 1. The van der Waals surface area contributed by atoms with Gasteiger partial charge in [0.05, 0.1) is 7.11 Å². The number of rotatable bonds is 3. The number of methoxy groups -OCH3 is 1. The van der Waals surface area contributed by atoms with E-state index in [2.05, 4.69) is 4.98 Å². The third-order valence-corrected chi connectivity index (χ3v) is 3.53. The molecule has 1 N–H and O–H groups in total. The standard InChI is InChI=1S/C15H11ClN2O3/c1-21-11-8-7-10-12(15(19)20)13(16)18(14(10)17-11)9-5-3-2-4-6-9/h2-8H,1H3,(H,19,20). The number of hydrogen-bond donors (Lipinski definition) is 1. The summed E-state index contributed by atoms with van der Waals surface area (Å²) >= 11 is 6.28. The Balaban J connectivity index is 2.42. The van der Waals surface area contributed by atoms with E-state index >= 15 is 0 Å². The molecule has 0 aliphatic carbocycles. The van der Waals surface area contributed by atoms with Crippen LogP contribution in [0.1, 0.15) is 10.4 Å². The molecule has 3 rings (SSSR count). The number of nitrogens with zero attached hydrogens (tertiary/aromatic N) is 2. The summed E-state index contributed by atoms with van der Waals surface area (Å²) in [6, 6.07) is 12.5. The van der Waals surface area contributed by atoms with Gasteiger partial charge in [-0.25, -0.2) is 4.79 Å². The Labute approximate surface area is 125 Å². The molecule has 2 heterocycles. The van der Waals surface area contributed by atoms with Gasteiger partial charge in [0.2, 0.25) is 5.88 Å². The number of ether oxygens (including phenoxy) is 1. The monoisotopic (exact) mass is 302 g/mol. The molecule has 0 saturated heterocycles. The third-order valence-electron chi connectivity index (χ3n) is 3.17. The number of aromatic nitrogens is 2. The Hall–Kier alpha value is -2.53. The van der Waals surface area contributed by atoms with Crippen molar-refractivity contribution in [2.75, 3.05) is 7.11 Å². The van der Waals surface area contributed by atoms with Gasteiger partial charge in [-0.15, -0.1) is 0 Å². The molecule has 5 nitrogen and oxygen atoms in total. The molecule has 3 aromatic rings. The molecular formula is C15H11ClN2O3. The van der Waals surface area contributed by atoms with Crippen molar-refractivity contribution >= 4 is 28.6 Å². The average Bonchev–Trinajstić information content (AvgIpc) is 2.79. The number of hydrogen-bond acceptors (Lipinski definition) is 3. The number of carboxylic acids is 1. The summed E-state index contributed by atoms with van der Waals surface area (Å²) in [5.41, 5.74) is 1.22. The van der Waals surface area contributed by atoms with E-state index in [9.17, 15) is 9.90 Å². The van der Waals surface area contributed by atoms with E-state index < -0.39 is 5.97 Å². The molecule has 2 aromatic heterocycles. The molecule has 0 aliphatic rings. The Morgan fingerprint density at radius 2 is 1.95 bits per heavy atom. The average molecular weight is 303 g/mol. The van der Waals surface area contributed by atoms with Gasteiger partial charge in [0.15, 0.2) is 5.65 Å². The molecule has 0 aliphatic heterocycles. The van der Waals surface area contributed by atoms with Crippen LogP contribution in [-0.4, -0.2) is 27.7 Å². The van der Waals surface area contributed by atoms with Gasteiger partial charge < -0.3 is 9.84 Å². The van der Waals surface area contributed by atoms with E-state index in [0.717, 1.165) is 5.69 Å². The molecule has 0 atom stereocenters. The summed E-state index contributed by atoms with van der Waals surface area (Å²) < 4.78 is 6.71. The molecular weight excluding hydrogens is 292 g/mol. The number of carboxylic acid groups (broad SMARTS) is 1. The van der Waals surface area contributed by atoms with Crippen molar-refractivity contribution in [3.63, 3.8) is 0 Å². The normalized spacial score (nSPS) is 10.8. The number of fused-ring (bicyclic) bond motifs is 1. The van der Waals surface area contributed by atoms with Crippen molar-refractivity contribution in [3.05, 3.63) is 53.2 Å². The van der Waals surface area contributed by atoms with Crippen LogP contribution in [-0.2, 0) is 0 Å². The molecule has 0 saturated carbocycles. The Kier molecular flexibility index (Phi) is 3.27. The Morgan fingerprint density at radius 3 is 2.57 bits per heavy atom. The fourth-order valence-corrected chi connectivity index (χ4v) is 2.60. The predicted octanol–water partition coefficient (Wildman–Crippen LogP) is 3.39. The van der Waals surface area contributed by atoms with Gasteiger partial charge >= 0.3 is 5.97 Å². The van der Waals surface area contributed by atoms with Crippen LogP contribution >= 0.6 is 11.6 Å². The van der Waals surface area contributed by atoms with Gasteiger partial charge in [-0.1, -0.05) is 29.8 Å². The van der Waals surface area contributed by atoms with Gasteiger partial charge in [-0.3, -0.25) is 4.57 Å². The van der Waals surface area contributed by atoms with Crippen molar-refractivity contribution < 1.29 is 14.6 Å². The lowest BCUT2D eigenvalue weighted by Crippen LogP contribution is -1.98. The number of benzene rings is 1. The molecule has 0 fully saturated rings. The summed E-state index contributed by atoms with van der Waals surface area (Å²) in [6.07, 6.45) is 0. The van der Waals surface area contributed by atoms with E-state index in [1.807, 2.05) is 30.3 Å². The lowest BCUT2D eigenvalue weighted by Gasteiger charge is -2.06. The second-order valence-corrected chi connectivity index (χ2v) is 4.72. The van der Waals surface area contributed by atoms with Crippen LogP contribution in [0.4, 0.5) is 0 Å². The predicted molar refractivity (Wildman–Crippen MR) is 79.6 cm³/mol. The minimum Gasteiger partial charge on any atom is -0.481 e. The first-order valence-electron chi connectivity index (χ1n) is 6.17. The van der Waals surface area contributed by atoms with E-state index in [0.29, 0.717) is 16.9 Å². The SMILES string of the molecule is COc1ccc2c(C(=O)O)c(Cl)n(-c3ccccc3)c2n1. The summed E-state index contributed by atoms with van der Waals surface area (Å²) in [6.45, 7) is 0.